The molecule has 1 heterocycles. The van der Waals surface area contributed by atoms with Crippen molar-refractivity contribution in [3.05, 3.63) is 34.1 Å². The second kappa shape index (κ2) is 5.40. The molecule has 100 valence electrons. The van der Waals surface area contributed by atoms with Crippen LogP contribution in [0.3, 0.4) is 0 Å². The minimum atomic E-state index is -0.194. The number of halogens is 1. The molecule has 0 spiro atoms. The lowest BCUT2D eigenvalue weighted by molar-refractivity contribution is 0.102. The molecular formula is C12H12BrN3O3. The number of carbonyl (C=O) groups is 1. The molecule has 0 aliphatic carbocycles. The molecule has 0 unspecified atom stereocenters. The molecule has 0 amide bonds. The minimum absolute atomic E-state index is 0.194. The van der Waals surface area contributed by atoms with Crippen LogP contribution in [0.25, 0.3) is 0 Å². The van der Waals surface area contributed by atoms with Crippen molar-refractivity contribution < 1.29 is 14.3 Å². The third-order valence-corrected chi connectivity index (χ3v) is 3.18. The van der Waals surface area contributed by atoms with E-state index in [0.29, 0.717) is 27.4 Å². The van der Waals surface area contributed by atoms with Gasteiger partial charge in [-0.25, -0.2) is 4.68 Å². The van der Waals surface area contributed by atoms with Crippen LogP contribution in [0.1, 0.15) is 16.1 Å². The minimum Gasteiger partial charge on any atom is -0.493 e. The van der Waals surface area contributed by atoms with Crippen molar-refractivity contribution in [2.45, 2.75) is 0 Å². The molecule has 0 radical (unpaired) electrons. The van der Waals surface area contributed by atoms with Crippen molar-refractivity contribution in [2.75, 3.05) is 14.2 Å². The SMILES string of the molecule is COc1ccc(C(=O)c2c(Br)nnn2C)cc1OC. The standard InChI is InChI=1S/C12H12BrN3O3/c1-16-10(12(13)14-15-16)11(17)7-4-5-8(18-2)9(6-7)19-3/h4-6H,1-3H3. The Kier molecular flexibility index (Phi) is 3.84. The second-order valence-corrected chi connectivity index (χ2v) is 4.50. The van der Waals surface area contributed by atoms with Crippen LogP contribution < -0.4 is 9.47 Å². The van der Waals surface area contributed by atoms with E-state index in [0.717, 1.165) is 0 Å². The van der Waals surface area contributed by atoms with Crippen LogP contribution in [0.4, 0.5) is 0 Å². The zero-order valence-corrected chi connectivity index (χ0v) is 12.3. The van der Waals surface area contributed by atoms with Crippen LogP contribution >= 0.6 is 15.9 Å². The number of nitrogens with zero attached hydrogens (tertiary/aromatic N) is 3. The zero-order chi connectivity index (χ0) is 14.0. The molecule has 0 saturated carbocycles. The molecule has 19 heavy (non-hydrogen) atoms. The van der Waals surface area contributed by atoms with Crippen LogP contribution in [0.5, 0.6) is 11.5 Å². The van der Waals surface area contributed by atoms with Gasteiger partial charge < -0.3 is 9.47 Å². The first-order valence-corrected chi connectivity index (χ1v) is 6.19. The fraction of sp³-hybridized carbons (Fsp3) is 0.250. The Morgan fingerprint density at radius 3 is 2.47 bits per heavy atom. The number of hydrogen-bond donors (Lipinski definition) is 0. The van der Waals surface area contributed by atoms with E-state index in [1.807, 2.05) is 0 Å². The molecule has 0 atom stereocenters. The number of aromatic nitrogens is 3. The average Bonchev–Trinajstić information content (AvgIpc) is 2.76. The molecule has 0 N–H and O–H groups in total. The quantitative estimate of drug-likeness (QED) is 0.802. The fourth-order valence-corrected chi connectivity index (χ4v) is 2.19. The molecule has 7 heteroatoms. The number of benzene rings is 1. The highest BCUT2D eigenvalue weighted by Crippen LogP contribution is 2.29. The van der Waals surface area contributed by atoms with E-state index in [-0.39, 0.29) is 5.78 Å². The highest BCUT2D eigenvalue weighted by molar-refractivity contribution is 9.10. The lowest BCUT2D eigenvalue weighted by atomic mass is 10.1. The maximum atomic E-state index is 12.4. The van der Waals surface area contributed by atoms with Crippen LogP contribution in [0, 0.1) is 0 Å². The summed E-state index contributed by atoms with van der Waals surface area (Å²) in [5, 5.41) is 7.57. The van der Waals surface area contributed by atoms with Crippen molar-refractivity contribution in [3.63, 3.8) is 0 Å². The summed E-state index contributed by atoms with van der Waals surface area (Å²) in [5.74, 6) is 0.876. The predicted molar refractivity (Wildman–Crippen MR) is 71.7 cm³/mol. The number of hydrogen-bond acceptors (Lipinski definition) is 5. The third-order valence-electron chi connectivity index (χ3n) is 2.65. The summed E-state index contributed by atoms with van der Waals surface area (Å²) in [7, 11) is 4.72. The lowest BCUT2D eigenvalue weighted by Crippen LogP contribution is -2.09. The van der Waals surface area contributed by atoms with E-state index in [9.17, 15) is 4.79 Å². The molecular weight excluding hydrogens is 314 g/mol. The zero-order valence-electron chi connectivity index (χ0n) is 10.7. The summed E-state index contributed by atoms with van der Waals surface area (Å²) < 4.78 is 12.1. The Bertz CT molecular complexity index is 605. The molecule has 2 rings (SSSR count). The van der Waals surface area contributed by atoms with E-state index >= 15 is 0 Å². The van der Waals surface area contributed by atoms with Gasteiger partial charge in [0.25, 0.3) is 0 Å². The number of ether oxygens (including phenoxy) is 2. The molecule has 2 aromatic rings. The van der Waals surface area contributed by atoms with Gasteiger partial charge in [0.1, 0.15) is 5.69 Å². The smallest absolute Gasteiger partial charge is 0.214 e. The number of methoxy groups -OCH3 is 2. The van der Waals surface area contributed by atoms with Gasteiger partial charge in [-0.15, -0.1) is 5.10 Å². The Morgan fingerprint density at radius 2 is 1.95 bits per heavy atom. The van der Waals surface area contributed by atoms with Gasteiger partial charge in [0, 0.05) is 12.6 Å². The van der Waals surface area contributed by atoms with Crippen LogP contribution in [0.2, 0.25) is 0 Å². The van der Waals surface area contributed by atoms with Gasteiger partial charge in [0.2, 0.25) is 5.78 Å². The van der Waals surface area contributed by atoms with E-state index in [2.05, 4.69) is 26.2 Å². The molecule has 0 aliphatic heterocycles. The monoisotopic (exact) mass is 325 g/mol. The van der Waals surface area contributed by atoms with Crippen molar-refractivity contribution in [2.24, 2.45) is 7.05 Å². The van der Waals surface area contributed by atoms with Gasteiger partial charge >= 0.3 is 0 Å². The van der Waals surface area contributed by atoms with Gasteiger partial charge in [0.15, 0.2) is 16.1 Å². The first-order valence-electron chi connectivity index (χ1n) is 5.40. The fourth-order valence-electron chi connectivity index (χ4n) is 1.69. The Morgan fingerprint density at radius 1 is 1.26 bits per heavy atom. The molecule has 6 nitrogen and oxygen atoms in total. The third kappa shape index (κ3) is 2.46. The van der Waals surface area contributed by atoms with Gasteiger partial charge in [-0.3, -0.25) is 4.79 Å². The van der Waals surface area contributed by atoms with Crippen molar-refractivity contribution in [1.29, 1.82) is 0 Å². The molecule has 1 aromatic heterocycles. The van der Waals surface area contributed by atoms with Crippen molar-refractivity contribution in [3.8, 4) is 11.5 Å². The summed E-state index contributed by atoms with van der Waals surface area (Å²) in [5.41, 5.74) is 0.857. The maximum Gasteiger partial charge on any atom is 0.214 e. The summed E-state index contributed by atoms with van der Waals surface area (Å²) in [4.78, 5) is 12.4. The number of rotatable bonds is 4. The Labute approximate surface area is 118 Å². The van der Waals surface area contributed by atoms with Gasteiger partial charge in [-0.1, -0.05) is 5.21 Å². The number of carbonyl (C=O) groups excluding carboxylic acids is 1. The molecule has 0 fully saturated rings. The van der Waals surface area contributed by atoms with Gasteiger partial charge in [-0.2, -0.15) is 0 Å². The average molecular weight is 326 g/mol. The predicted octanol–water partition coefficient (Wildman–Crippen LogP) is 1.83. The Hall–Kier alpha value is -1.89. The summed E-state index contributed by atoms with van der Waals surface area (Å²) >= 11 is 3.21. The normalized spacial score (nSPS) is 10.3. The topological polar surface area (TPSA) is 66.2 Å². The summed E-state index contributed by atoms with van der Waals surface area (Å²) in [6, 6.07) is 4.98. The highest BCUT2D eigenvalue weighted by Gasteiger charge is 2.20. The highest BCUT2D eigenvalue weighted by atomic mass is 79.9. The molecule has 0 bridgehead atoms. The summed E-state index contributed by atoms with van der Waals surface area (Å²) in [6.07, 6.45) is 0. The van der Waals surface area contributed by atoms with Crippen molar-refractivity contribution in [1.82, 2.24) is 15.0 Å². The first kappa shape index (κ1) is 13.5. The number of aryl methyl sites for hydroxylation is 1. The van der Waals surface area contributed by atoms with E-state index in [1.165, 1.54) is 11.8 Å². The molecule has 0 aliphatic rings. The van der Waals surface area contributed by atoms with Crippen LogP contribution in [0.15, 0.2) is 22.8 Å². The maximum absolute atomic E-state index is 12.4. The van der Waals surface area contributed by atoms with E-state index < -0.39 is 0 Å². The van der Waals surface area contributed by atoms with E-state index in [4.69, 9.17) is 9.47 Å². The Balaban J connectivity index is 2.45. The van der Waals surface area contributed by atoms with Gasteiger partial charge in [-0.05, 0) is 34.1 Å². The molecule has 0 saturated heterocycles. The first-order chi connectivity index (χ1) is 9.08. The van der Waals surface area contributed by atoms with Crippen LogP contribution in [-0.2, 0) is 7.05 Å². The molecule has 1 aromatic carbocycles. The second-order valence-electron chi connectivity index (χ2n) is 3.75. The number of ketones is 1. The van der Waals surface area contributed by atoms with E-state index in [1.54, 1.807) is 32.4 Å². The largest absolute Gasteiger partial charge is 0.493 e. The van der Waals surface area contributed by atoms with Gasteiger partial charge in [0.05, 0.1) is 14.2 Å². The summed E-state index contributed by atoms with van der Waals surface area (Å²) in [6.45, 7) is 0. The lowest BCUT2D eigenvalue weighted by Gasteiger charge is -2.09. The van der Waals surface area contributed by atoms with Crippen molar-refractivity contribution >= 4 is 21.7 Å². The van der Waals surface area contributed by atoms with Crippen LogP contribution in [-0.4, -0.2) is 35.0 Å².